The van der Waals surface area contributed by atoms with E-state index in [0.717, 1.165) is 15.2 Å². The van der Waals surface area contributed by atoms with Crippen molar-refractivity contribution in [3.8, 4) is 0 Å². The largest absolute Gasteiger partial charge is 0.370 e. The van der Waals surface area contributed by atoms with E-state index in [9.17, 15) is 66.0 Å². The zero-order valence-corrected chi connectivity index (χ0v) is 66.1. The molecule has 11 atom stereocenters. The van der Waals surface area contributed by atoms with Gasteiger partial charge in [-0.15, -0.1) is 0 Å². The molecule has 12 amide bonds. The summed E-state index contributed by atoms with van der Waals surface area (Å²) in [6.45, 7) is 16.0. The van der Waals surface area contributed by atoms with E-state index in [2.05, 4.69) is 63.5 Å². The number of para-hydroxylation sites is 1. The topological polar surface area (TPSA) is 507 Å². The monoisotopic (exact) mass is 1540 g/mol. The Hall–Kier alpha value is -7.89. The second-order valence-corrected chi connectivity index (χ2v) is 32.1. The van der Waals surface area contributed by atoms with Crippen molar-refractivity contribution < 1.29 is 70.7 Å². The third kappa shape index (κ3) is 31.2. The minimum atomic E-state index is -4.28. The Bertz CT molecular complexity index is 3360. The van der Waals surface area contributed by atoms with Crippen molar-refractivity contribution in [2.75, 3.05) is 71.3 Å². The average Bonchev–Trinajstić information content (AvgIpc) is 1.66. The molecule has 0 aliphatic carbocycles. The molecule has 108 heavy (non-hydrogen) atoms. The number of aromatic amines is 1. The lowest BCUT2D eigenvalue weighted by Gasteiger charge is -2.31. The Morgan fingerprint density at radius 1 is 0.509 bits per heavy atom. The van der Waals surface area contributed by atoms with Crippen LogP contribution in [0.2, 0.25) is 0 Å². The number of nitrogens with zero attached hydrogens (tertiary/aromatic N) is 2. The molecule has 1 aromatic carbocycles. The zero-order chi connectivity index (χ0) is 80.2. The van der Waals surface area contributed by atoms with Crippen LogP contribution < -0.4 is 81.4 Å². The Labute approximate surface area is 637 Å². The minimum Gasteiger partial charge on any atom is -0.370 e. The van der Waals surface area contributed by atoms with E-state index >= 15 is 0 Å². The molecule has 0 unspecified atom stereocenters. The lowest BCUT2D eigenvalue weighted by atomic mass is 9.98. The van der Waals surface area contributed by atoms with Crippen molar-refractivity contribution >= 4 is 91.8 Å². The first kappa shape index (κ1) is 92.5. The lowest BCUT2D eigenvalue weighted by molar-refractivity contribution is -0.139. The third-order valence-electron chi connectivity index (χ3n) is 19.1. The standard InChI is InChI=1S/C74H128N18O15S/c1-11-12-25-55-69(99)89-64(48(8)9)73(103)90-63(47(6)7)72(102)81-49(10)65(95)88-60(40-50-41-80-53-26-14-13-24-52(50)53)74(104)92-35-21-23-51(92)43-107-44-62(94)83-56(28-16-19-31-76)67(97)86-59(39-46(4)5)71(101)85-57(29-17-20-32-77)68(98)87-58(38-45(2)3)70(100)84-54(27-15-18-30-75)66(96)79-34-36-91(42-61(93)82-55)108(105,106)37-22-33-78/h13-14,24,26,41,45-49,51,54-60,63-64,80H,11-12,15-23,25,27-40,42-44,75-78H2,1-10H3,(H,79,96)(H,81,102)(H,82,93)(H,83,94)(H,84,100)(H,85,101)(H,86,97)(H,87,98)(H,88,95)(H,89,99)(H,90,103)/t49-,51+,54-,55-,56-,57-,58-,59-,60-,63-,64-/m0/s1. The molecule has 3 heterocycles. The van der Waals surface area contributed by atoms with E-state index in [1.807, 2.05) is 58.9 Å². The summed E-state index contributed by atoms with van der Waals surface area (Å²) < 4.78 is 34.9. The molecule has 0 saturated carbocycles. The van der Waals surface area contributed by atoms with E-state index < -0.39 is 185 Å². The molecule has 0 bridgehead atoms. The molecule has 4 rings (SSSR count). The Kier molecular flexibility index (Phi) is 41.0. The van der Waals surface area contributed by atoms with Gasteiger partial charge in [0.05, 0.1) is 24.9 Å². The number of ether oxygens (including phenoxy) is 1. The predicted molar refractivity (Wildman–Crippen MR) is 411 cm³/mol. The number of fused-ring (bicyclic) bond motifs is 2. The van der Waals surface area contributed by atoms with Crippen LogP contribution in [-0.4, -0.2) is 231 Å². The quantitative estimate of drug-likeness (QED) is 0.0510. The smallest absolute Gasteiger partial charge is 0.246 e. The second-order valence-electron chi connectivity index (χ2n) is 30.0. The Morgan fingerprint density at radius 2 is 0.972 bits per heavy atom. The summed E-state index contributed by atoms with van der Waals surface area (Å²) in [4.78, 5) is 178. The van der Waals surface area contributed by atoms with E-state index in [1.165, 1.54) is 6.92 Å². The number of rotatable bonds is 27. The summed E-state index contributed by atoms with van der Waals surface area (Å²) in [5.74, 6) is -10.8. The van der Waals surface area contributed by atoms with Crippen LogP contribution in [0.5, 0.6) is 0 Å². The normalized spacial score (nSPS) is 24.8. The van der Waals surface area contributed by atoms with Crippen LogP contribution in [0, 0.1) is 23.7 Å². The number of carbonyl (C=O) groups is 12. The van der Waals surface area contributed by atoms with Crippen LogP contribution in [0.15, 0.2) is 30.5 Å². The van der Waals surface area contributed by atoms with Crippen LogP contribution in [0.25, 0.3) is 10.9 Å². The van der Waals surface area contributed by atoms with Crippen molar-refractivity contribution in [1.82, 2.24) is 72.7 Å². The number of H-pyrrole nitrogens is 1. The highest BCUT2D eigenvalue weighted by molar-refractivity contribution is 7.89. The van der Waals surface area contributed by atoms with Gasteiger partial charge in [0.15, 0.2) is 0 Å². The maximum absolute atomic E-state index is 15.0. The number of benzene rings is 1. The maximum Gasteiger partial charge on any atom is 0.246 e. The number of nitrogens with two attached hydrogens (primary N) is 4. The van der Waals surface area contributed by atoms with Crippen LogP contribution >= 0.6 is 0 Å². The summed E-state index contributed by atoms with van der Waals surface area (Å²) >= 11 is 0. The van der Waals surface area contributed by atoms with Crippen molar-refractivity contribution in [1.29, 1.82) is 0 Å². The molecule has 2 saturated heterocycles. The molecule has 33 nitrogen and oxygen atoms in total. The molecule has 2 aromatic rings. The number of unbranched alkanes of at least 4 members (excludes halogenated alkanes) is 4. The minimum absolute atomic E-state index is 0.00602. The van der Waals surface area contributed by atoms with Crippen molar-refractivity contribution in [3.63, 3.8) is 0 Å². The fraction of sp³-hybridized carbons (Fsp3) is 0.730. The Morgan fingerprint density at radius 3 is 1.50 bits per heavy atom. The molecule has 1 aromatic heterocycles. The van der Waals surface area contributed by atoms with Crippen LogP contribution in [0.1, 0.15) is 184 Å². The lowest BCUT2D eigenvalue weighted by Crippen LogP contribution is -2.61. The van der Waals surface area contributed by atoms with Gasteiger partial charge in [0, 0.05) is 43.2 Å². The SMILES string of the molecule is CCCC[C@@H]1NC(=O)CN(S(=O)(=O)CCCN)CCNC(=O)[C@H](CCCCN)NC(=O)[C@H](CC(C)C)NC(=O)[C@H](CCCCN)NC(=O)[C@H](CC(C)C)NC(=O)[C@H](CCCCN)NC(=O)COC[C@H]2CCCN2C(=O)[C@H](Cc2c[nH]c3ccccc23)NC(=O)[C@H](C)NC(=O)[C@H](C(C)C)NC(=O)[C@H](C(C)C)NC1=O. The van der Waals surface area contributed by atoms with Crippen molar-refractivity contribution in [2.45, 2.75) is 251 Å². The van der Waals surface area contributed by atoms with Gasteiger partial charge in [-0.05, 0) is 165 Å². The molecular weight excluding hydrogens is 1410 g/mol. The predicted octanol–water partition coefficient (Wildman–Crippen LogP) is -0.322. The van der Waals surface area contributed by atoms with Gasteiger partial charge in [-0.3, -0.25) is 57.5 Å². The molecule has 0 radical (unpaired) electrons. The van der Waals surface area contributed by atoms with Gasteiger partial charge in [-0.25, -0.2) is 8.42 Å². The highest BCUT2D eigenvalue weighted by atomic mass is 32.2. The number of carbonyl (C=O) groups excluding carboxylic acids is 12. The molecule has 2 fully saturated rings. The molecule has 2 aliphatic rings. The molecule has 610 valence electrons. The van der Waals surface area contributed by atoms with Gasteiger partial charge in [0.2, 0.25) is 80.9 Å². The maximum atomic E-state index is 15.0. The number of hydrogen-bond donors (Lipinski definition) is 16. The molecule has 34 heteroatoms. The summed E-state index contributed by atoms with van der Waals surface area (Å²) in [5.41, 5.74) is 24.8. The van der Waals surface area contributed by atoms with E-state index in [0.29, 0.717) is 69.8 Å². The van der Waals surface area contributed by atoms with Crippen LogP contribution in [-0.2, 0) is 78.7 Å². The molecule has 0 spiro atoms. The molecule has 20 N–H and O–H groups in total. The fourth-order valence-electron chi connectivity index (χ4n) is 13.0. The first-order valence-corrected chi connectivity index (χ1v) is 40.4. The highest BCUT2D eigenvalue weighted by Crippen LogP contribution is 2.24. The van der Waals surface area contributed by atoms with Gasteiger partial charge < -0.3 is 96.0 Å². The van der Waals surface area contributed by atoms with E-state index in [4.69, 9.17) is 27.7 Å². The van der Waals surface area contributed by atoms with Gasteiger partial charge in [0.25, 0.3) is 0 Å². The Balaban J connectivity index is 1.80. The molecule has 2 aliphatic heterocycles. The number of hydrogen-bond acceptors (Lipinski definition) is 19. The number of sulfonamides is 1. The summed E-state index contributed by atoms with van der Waals surface area (Å²) in [7, 11) is -4.28. The summed E-state index contributed by atoms with van der Waals surface area (Å²) in [5, 5.41) is 31.2. The number of aromatic nitrogens is 1. The average molecular weight is 1540 g/mol. The van der Waals surface area contributed by atoms with E-state index in [-0.39, 0.29) is 109 Å². The first-order valence-electron chi connectivity index (χ1n) is 38.8. The molecular formula is C74H128N18O15S. The van der Waals surface area contributed by atoms with Gasteiger partial charge in [-0.2, -0.15) is 4.31 Å². The number of nitrogens with one attached hydrogen (secondary N) is 12. The van der Waals surface area contributed by atoms with Crippen molar-refractivity contribution in [3.05, 3.63) is 36.0 Å². The third-order valence-corrected chi connectivity index (χ3v) is 21.0. The second kappa shape index (κ2) is 47.9. The van der Waals surface area contributed by atoms with Crippen molar-refractivity contribution in [2.24, 2.45) is 46.6 Å². The van der Waals surface area contributed by atoms with Gasteiger partial charge in [0.1, 0.15) is 67.0 Å². The summed E-state index contributed by atoms with van der Waals surface area (Å²) in [6.07, 6.45) is 6.81. The fourth-order valence-corrected chi connectivity index (χ4v) is 14.4. The first-order chi connectivity index (χ1) is 51.3. The zero-order valence-electron chi connectivity index (χ0n) is 65.3. The van der Waals surface area contributed by atoms with Gasteiger partial charge in [-0.1, -0.05) is 93.4 Å². The highest BCUT2D eigenvalue weighted by Gasteiger charge is 2.40. The van der Waals surface area contributed by atoms with Crippen LogP contribution in [0.4, 0.5) is 0 Å². The van der Waals surface area contributed by atoms with E-state index in [1.54, 1.807) is 38.8 Å². The summed E-state index contributed by atoms with van der Waals surface area (Å²) in [6, 6.07) is -5.66. The van der Waals surface area contributed by atoms with Gasteiger partial charge >= 0.3 is 0 Å². The number of amides is 12. The van der Waals surface area contributed by atoms with Crippen LogP contribution in [0.3, 0.4) is 0 Å².